The molecule has 2 fully saturated rings. The van der Waals surface area contributed by atoms with E-state index < -0.39 is 23.5 Å². The van der Waals surface area contributed by atoms with Crippen molar-refractivity contribution in [1.29, 1.82) is 0 Å². The maximum absolute atomic E-state index is 13.4. The van der Waals surface area contributed by atoms with Crippen LogP contribution in [0.25, 0.3) is 11.0 Å². The first kappa shape index (κ1) is 24.0. The highest BCUT2D eigenvalue weighted by atomic mass is 16.6. The molecular weight excluding hydrogens is 440 g/mol. The fourth-order valence-corrected chi connectivity index (χ4v) is 5.08. The average Bonchev–Trinajstić information content (AvgIpc) is 3.02. The van der Waals surface area contributed by atoms with E-state index in [1.165, 1.54) is 9.13 Å². The fourth-order valence-electron chi connectivity index (χ4n) is 5.08. The van der Waals surface area contributed by atoms with Crippen molar-refractivity contribution in [2.75, 3.05) is 20.2 Å². The van der Waals surface area contributed by atoms with Gasteiger partial charge in [-0.2, -0.15) is 0 Å². The number of methoxy groups -OCH3 is 1. The number of hydrogen-bond acceptors (Lipinski definition) is 7. The second-order valence-corrected chi connectivity index (χ2v) is 9.97. The second-order valence-electron chi connectivity index (χ2n) is 9.97. The molecule has 4 rings (SSSR count). The molecule has 2 aliphatic heterocycles. The molecule has 0 aliphatic carbocycles. The van der Waals surface area contributed by atoms with Crippen LogP contribution in [0.15, 0.2) is 16.9 Å². The number of imide groups is 1. The molecule has 10 heteroatoms. The SMILES string of the molecule is COc1ccc2c(c1C1CCNCC1C(=O)OC(C)(C)C)n(C)c(=O)n2C1CCC(=O)NC1=O. The quantitative estimate of drug-likeness (QED) is 0.509. The Hall–Kier alpha value is -3.14. The third-order valence-electron chi connectivity index (χ3n) is 6.55. The number of nitrogens with zero attached hydrogens (tertiary/aromatic N) is 2. The number of benzene rings is 1. The number of nitrogens with one attached hydrogen (secondary N) is 2. The highest BCUT2D eigenvalue weighted by Gasteiger charge is 2.39. The van der Waals surface area contributed by atoms with E-state index in [0.717, 1.165) is 5.56 Å². The molecule has 0 saturated carbocycles. The van der Waals surface area contributed by atoms with Gasteiger partial charge >= 0.3 is 11.7 Å². The van der Waals surface area contributed by atoms with Gasteiger partial charge in [0.1, 0.15) is 17.4 Å². The van der Waals surface area contributed by atoms with Gasteiger partial charge in [-0.15, -0.1) is 0 Å². The number of esters is 1. The van der Waals surface area contributed by atoms with Gasteiger partial charge in [-0.1, -0.05) is 0 Å². The van der Waals surface area contributed by atoms with Gasteiger partial charge in [0.2, 0.25) is 11.8 Å². The number of aromatic nitrogens is 2. The molecule has 3 heterocycles. The van der Waals surface area contributed by atoms with Crippen LogP contribution in [-0.4, -0.2) is 52.7 Å². The molecule has 2 amide bonds. The Balaban J connectivity index is 1.88. The summed E-state index contributed by atoms with van der Waals surface area (Å²) in [4.78, 5) is 50.8. The molecular formula is C24H32N4O6. The summed E-state index contributed by atoms with van der Waals surface area (Å²) in [5.41, 5.74) is 0.954. The first-order valence-corrected chi connectivity index (χ1v) is 11.6. The van der Waals surface area contributed by atoms with E-state index in [1.54, 1.807) is 26.3 Å². The number of carbonyl (C=O) groups is 3. The van der Waals surface area contributed by atoms with Crippen LogP contribution in [0.2, 0.25) is 0 Å². The molecule has 0 bridgehead atoms. The van der Waals surface area contributed by atoms with Crippen molar-refractivity contribution in [3.05, 3.63) is 28.2 Å². The number of carbonyl (C=O) groups excluding carboxylic acids is 3. The van der Waals surface area contributed by atoms with Crippen molar-refractivity contribution in [2.45, 2.75) is 57.6 Å². The van der Waals surface area contributed by atoms with Crippen LogP contribution in [0, 0.1) is 5.92 Å². The number of hydrogen-bond donors (Lipinski definition) is 2. The monoisotopic (exact) mass is 472 g/mol. The summed E-state index contributed by atoms with van der Waals surface area (Å²) in [5, 5.41) is 5.61. The van der Waals surface area contributed by atoms with Crippen LogP contribution in [-0.2, 0) is 26.2 Å². The predicted molar refractivity (Wildman–Crippen MR) is 125 cm³/mol. The molecule has 34 heavy (non-hydrogen) atoms. The summed E-state index contributed by atoms with van der Waals surface area (Å²) < 4.78 is 14.4. The van der Waals surface area contributed by atoms with E-state index in [-0.39, 0.29) is 36.3 Å². The maximum Gasteiger partial charge on any atom is 0.329 e. The van der Waals surface area contributed by atoms with Crippen LogP contribution in [0.4, 0.5) is 0 Å². The Morgan fingerprint density at radius 3 is 2.53 bits per heavy atom. The van der Waals surface area contributed by atoms with E-state index in [0.29, 0.717) is 36.3 Å². The molecule has 10 nitrogen and oxygen atoms in total. The van der Waals surface area contributed by atoms with Crippen molar-refractivity contribution in [3.63, 3.8) is 0 Å². The van der Waals surface area contributed by atoms with Crippen LogP contribution in [0.5, 0.6) is 5.75 Å². The summed E-state index contributed by atoms with van der Waals surface area (Å²) in [6.45, 7) is 6.65. The minimum absolute atomic E-state index is 0.164. The minimum atomic E-state index is -0.787. The zero-order chi connectivity index (χ0) is 24.8. The average molecular weight is 473 g/mol. The normalized spacial score (nSPS) is 23.6. The summed E-state index contributed by atoms with van der Waals surface area (Å²) in [6.07, 6.45) is 1.06. The zero-order valence-electron chi connectivity index (χ0n) is 20.3. The van der Waals surface area contributed by atoms with E-state index in [9.17, 15) is 19.2 Å². The molecule has 0 radical (unpaired) electrons. The second kappa shape index (κ2) is 8.90. The van der Waals surface area contributed by atoms with Gasteiger partial charge in [0.05, 0.1) is 24.1 Å². The first-order valence-electron chi connectivity index (χ1n) is 11.6. The molecule has 3 atom stereocenters. The van der Waals surface area contributed by atoms with Gasteiger partial charge in [-0.3, -0.25) is 28.8 Å². The van der Waals surface area contributed by atoms with Crippen molar-refractivity contribution in [2.24, 2.45) is 13.0 Å². The summed E-state index contributed by atoms with van der Waals surface area (Å²) in [5.74, 6) is -1.29. The highest BCUT2D eigenvalue weighted by molar-refractivity contribution is 6.00. The van der Waals surface area contributed by atoms with Crippen LogP contribution in [0.1, 0.15) is 57.6 Å². The first-order chi connectivity index (χ1) is 16.0. The lowest BCUT2D eigenvalue weighted by Gasteiger charge is -2.34. The van der Waals surface area contributed by atoms with Crippen molar-refractivity contribution in [1.82, 2.24) is 19.8 Å². The molecule has 3 unspecified atom stereocenters. The third-order valence-corrected chi connectivity index (χ3v) is 6.55. The number of ether oxygens (including phenoxy) is 2. The van der Waals surface area contributed by atoms with Gasteiger partial charge in [-0.05, 0) is 52.3 Å². The van der Waals surface area contributed by atoms with Crippen molar-refractivity contribution in [3.8, 4) is 5.75 Å². The number of fused-ring (bicyclic) bond motifs is 1. The van der Waals surface area contributed by atoms with E-state index in [1.807, 2.05) is 20.8 Å². The van der Waals surface area contributed by atoms with Gasteiger partial charge in [-0.25, -0.2) is 4.79 Å². The van der Waals surface area contributed by atoms with Gasteiger partial charge in [0.25, 0.3) is 0 Å². The lowest BCUT2D eigenvalue weighted by atomic mass is 9.80. The standard InChI is InChI=1S/C24H32N4O6/c1-24(2,3)34-22(31)14-12-25-11-10-13(14)19-17(33-5)8-6-15-20(19)27(4)23(32)28(15)16-7-9-18(29)26-21(16)30/h6,8,13-14,16,25H,7,9-12H2,1-5H3,(H,26,29,30). The Kier molecular flexibility index (Phi) is 6.28. The number of aryl methyl sites for hydroxylation is 1. The molecule has 2 aliphatic rings. The molecule has 2 saturated heterocycles. The Morgan fingerprint density at radius 1 is 1.15 bits per heavy atom. The fraction of sp³-hybridized carbons (Fsp3) is 0.583. The Morgan fingerprint density at radius 2 is 1.88 bits per heavy atom. The molecule has 0 spiro atoms. The summed E-state index contributed by atoms with van der Waals surface area (Å²) in [7, 11) is 3.21. The van der Waals surface area contributed by atoms with Gasteiger partial charge in [0.15, 0.2) is 0 Å². The lowest BCUT2D eigenvalue weighted by Crippen LogP contribution is -2.44. The van der Waals surface area contributed by atoms with Crippen LogP contribution < -0.4 is 21.1 Å². The molecule has 184 valence electrons. The third kappa shape index (κ3) is 4.22. The largest absolute Gasteiger partial charge is 0.496 e. The molecule has 1 aromatic heterocycles. The van der Waals surface area contributed by atoms with E-state index in [4.69, 9.17) is 9.47 Å². The van der Waals surface area contributed by atoms with Gasteiger partial charge < -0.3 is 14.8 Å². The zero-order valence-corrected chi connectivity index (χ0v) is 20.3. The van der Waals surface area contributed by atoms with E-state index >= 15 is 0 Å². The van der Waals surface area contributed by atoms with Gasteiger partial charge in [0, 0.05) is 31.5 Å². The number of amides is 2. The minimum Gasteiger partial charge on any atom is -0.496 e. The number of rotatable bonds is 4. The smallest absolute Gasteiger partial charge is 0.329 e. The Bertz CT molecular complexity index is 1200. The molecule has 2 N–H and O–H groups in total. The van der Waals surface area contributed by atoms with Crippen LogP contribution in [0.3, 0.4) is 0 Å². The van der Waals surface area contributed by atoms with Crippen molar-refractivity contribution >= 4 is 28.8 Å². The summed E-state index contributed by atoms with van der Waals surface area (Å²) in [6, 6.07) is 2.74. The molecule has 2 aromatic rings. The van der Waals surface area contributed by atoms with Crippen molar-refractivity contribution < 1.29 is 23.9 Å². The summed E-state index contributed by atoms with van der Waals surface area (Å²) >= 11 is 0. The lowest BCUT2D eigenvalue weighted by molar-refractivity contribution is -0.161. The van der Waals surface area contributed by atoms with Crippen LogP contribution >= 0.6 is 0 Å². The topological polar surface area (TPSA) is 121 Å². The number of piperidine rings is 2. The maximum atomic E-state index is 13.4. The molecule has 1 aromatic carbocycles. The number of imidazole rings is 1. The Labute approximate surface area is 197 Å². The van der Waals surface area contributed by atoms with E-state index in [2.05, 4.69) is 10.6 Å². The highest BCUT2D eigenvalue weighted by Crippen LogP contribution is 2.42. The predicted octanol–water partition coefficient (Wildman–Crippen LogP) is 1.36.